The van der Waals surface area contributed by atoms with Crippen LogP contribution < -0.4 is 4.90 Å². The van der Waals surface area contributed by atoms with Crippen LogP contribution in [0.2, 0.25) is 10.0 Å². The zero-order valence-corrected chi connectivity index (χ0v) is 18.5. The van der Waals surface area contributed by atoms with Crippen LogP contribution >= 0.6 is 23.2 Å². The highest BCUT2D eigenvalue weighted by atomic mass is 35.5. The van der Waals surface area contributed by atoms with Gasteiger partial charge in [0.05, 0.1) is 28.2 Å². The maximum absolute atomic E-state index is 12.4. The molecular weight excluding hydrogens is 449 g/mol. The maximum atomic E-state index is 12.4. The number of benzene rings is 1. The summed E-state index contributed by atoms with van der Waals surface area (Å²) in [5.41, 5.74) is 2.64. The Morgan fingerprint density at radius 2 is 1.75 bits per heavy atom. The van der Waals surface area contributed by atoms with Gasteiger partial charge < -0.3 is 19.2 Å². The highest BCUT2D eigenvalue weighted by Gasteiger charge is 2.24. The van der Waals surface area contributed by atoms with Crippen LogP contribution in [-0.2, 0) is 0 Å². The molecule has 5 rings (SSSR count). The third-order valence-electron chi connectivity index (χ3n) is 5.45. The number of aromatic amines is 1. The van der Waals surface area contributed by atoms with Crippen LogP contribution in [0.25, 0.3) is 22.6 Å². The standard InChI is InChI=1S/C23H19Cl2N5O2/c24-17-5-3-15(12-18(17)25)19-14-27-22(28-19)16-4-6-21(26-13-16)29-7-9-30(10-8-29)23(31)20-2-1-11-32-20/h1-6,11-14H,7-10H2,(H,27,28). The number of imidazole rings is 1. The third-order valence-corrected chi connectivity index (χ3v) is 6.19. The number of aromatic nitrogens is 3. The zero-order valence-electron chi connectivity index (χ0n) is 17.0. The summed E-state index contributed by atoms with van der Waals surface area (Å²) in [7, 11) is 0. The molecule has 0 spiro atoms. The molecule has 1 N–H and O–H groups in total. The number of hydrogen-bond acceptors (Lipinski definition) is 5. The molecule has 4 heterocycles. The minimum absolute atomic E-state index is 0.0754. The average molecular weight is 468 g/mol. The Bertz CT molecular complexity index is 1230. The van der Waals surface area contributed by atoms with E-state index in [4.69, 9.17) is 27.6 Å². The van der Waals surface area contributed by atoms with Gasteiger partial charge in [0, 0.05) is 43.5 Å². The number of hydrogen-bond donors (Lipinski definition) is 1. The molecule has 0 atom stereocenters. The molecule has 32 heavy (non-hydrogen) atoms. The van der Waals surface area contributed by atoms with Gasteiger partial charge in [-0.3, -0.25) is 4.79 Å². The summed E-state index contributed by atoms with van der Waals surface area (Å²) in [6.07, 6.45) is 5.08. The molecule has 162 valence electrons. The summed E-state index contributed by atoms with van der Waals surface area (Å²) in [6.45, 7) is 2.66. The van der Waals surface area contributed by atoms with E-state index in [1.165, 1.54) is 6.26 Å². The van der Waals surface area contributed by atoms with Gasteiger partial charge in [-0.2, -0.15) is 0 Å². The van der Waals surface area contributed by atoms with Crippen molar-refractivity contribution in [2.45, 2.75) is 0 Å². The molecule has 1 aromatic carbocycles. The van der Waals surface area contributed by atoms with Crippen LogP contribution in [0.15, 0.2) is 65.5 Å². The molecule has 7 nitrogen and oxygen atoms in total. The van der Waals surface area contributed by atoms with E-state index in [-0.39, 0.29) is 5.91 Å². The van der Waals surface area contributed by atoms with Gasteiger partial charge >= 0.3 is 0 Å². The Morgan fingerprint density at radius 1 is 0.938 bits per heavy atom. The minimum atomic E-state index is -0.0754. The first-order valence-corrected chi connectivity index (χ1v) is 10.9. The highest BCUT2D eigenvalue weighted by Crippen LogP contribution is 2.29. The van der Waals surface area contributed by atoms with Crippen molar-refractivity contribution in [1.82, 2.24) is 19.9 Å². The number of halogens is 2. The molecule has 1 fully saturated rings. The van der Waals surface area contributed by atoms with E-state index < -0.39 is 0 Å². The van der Waals surface area contributed by atoms with Crippen LogP contribution in [-0.4, -0.2) is 51.9 Å². The lowest BCUT2D eigenvalue weighted by atomic mass is 10.2. The molecule has 1 amide bonds. The topological polar surface area (TPSA) is 78.3 Å². The molecule has 9 heteroatoms. The van der Waals surface area contributed by atoms with Crippen molar-refractivity contribution in [2.24, 2.45) is 0 Å². The van der Waals surface area contributed by atoms with Gasteiger partial charge in [-0.25, -0.2) is 9.97 Å². The molecule has 0 unspecified atom stereocenters. The van der Waals surface area contributed by atoms with Gasteiger partial charge in [-0.1, -0.05) is 29.3 Å². The number of carbonyl (C=O) groups is 1. The molecule has 0 radical (unpaired) electrons. The first-order chi connectivity index (χ1) is 15.6. The molecule has 0 saturated carbocycles. The van der Waals surface area contributed by atoms with Crippen LogP contribution in [0.3, 0.4) is 0 Å². The molecule has 1 aliphatic rings. The van der Waals surface area contributed by atoms with Crippen molar-refractivity contribution >= 4 is 34.9 Å². The van der Waals surface area contributed by atoms with Gasteiger partial charge in [-0.05, 0) is 36.4 Å². The van der Waals surface area contributed by atoms with E-state index in [0.29, 0.717) is 42.0 Å². The van der Waals surface area contributed by atoms with Crippen LogP contribution in [0.1, 0.15) is 10.6 Å². The number of nitrogens with zero attached hydrogens (tertiary/aromatic N) is 4. The highest BCUT2D eigenvalue weighted by molar-refractivity contribution is 6.42. The molecule has 1 saturated heterocycles. The van der Waals surface area contributed by atoms with E-state index >= 15 is 0 Å². The minimum Gasteiger partial charge on any atom is -0.459 e. The Morgan fingerprint density at radius 3 is 2.44 bits per heavy atom. The number of carbonyl (C=O) groups excluding carboxylic acids is 1. The van der Waals surface area contributed by atoms with Crippen molar-refractivity contribution in [3.05, 3.63) is 76.9 Å². The van der Waals surface area contributed by atoms with Crippen molar-refractivity contribution in [3.63, 3.8) is 0 Å². The molecular formula is C23H19Cl2N5O2. The van der Waals surface area contributed by atoms with E-state index in [9.17, 15) is 4.79 Å². The number of furan rings is 1. The summed E-state index contributed by atoms with van der Waals surface area (Å²) >= 11 is 12.1. The number of pyridine rings is 1. The lowest BCUT2D eigenvalue weighted by Crippen LogP contribution is -2.49. The Kier molecular flexibility index (Phi) is 5.59. The summed E-state index contributed by atoms with van der Waals surface area (Å²) in [6, 6.07) is 12.8. The van der Waals surface area contributed by atoms with Crippen molar-refractivity contribution < 1.29 is 9.21 Å². The SMILES string of the molecule is O=C(c1ccco1)N1CCN(c2ccc(-c3ncc(-c4ccc(Cl)c(Cl)c4)[nH]3)cn2)CC1. The molecule has 0 aliphatic carbocycles. The second-order valence-electron chi connectivity index (χ2n) is 7.44. The average Bonchev–Trinajstić information content (AvgIpc) is 3.54. The van der Waals surface area contributed by atoms with E-state index in [0.717, 1.165) is 28.5 Å². The maximum Gasteiger partial charge on any atom is 0.289 e. The monoisotopic (exact) mass is 467 g/mol. The van der Waals surface area contributed by atoms with Crippen LogP contribution in [0, 0.1) is 0 Å². The predicted octanol–water partition coefficient (Wildman–Crippen LogP) is 5.00. The number of rotatable bonds is 4. The smallest absolute Gasteiger partial charge is 0.289 e. The number of nitrogens with one attached hydrogen (secondary N) is 1. The first-order valence-electron chi connectivity index (χ1n) is 10.1. The second-order valence-corrected chi connectivity index (χ2v) is 8.25. The summed E-state index contributed by atoms with van der Waals surface area (Å²) in [4.78, 5) is 28.8. The van der Waals surface area contributed by atoms with Gasteiger partial charge in [0.15, 0.2) is 5.76 Å². The number of anilines is 1. The Balaban J connectivity index is 1.25. The fourth-order valence-electron chi connectivity index (χ4n) is 3.69. The van der Waals surface area contributed by atoms with Crippen molar-refractivity contribution in [2.75, 3.05) is 31.1 Å². The van der Waals surface area contributed by atoms with E-state index in [1.54, 1.807) is 41.6 Å². The predicted molar refractivity (Wildman–Crippen MR) is 124 cm³/mol. The molecule has 4 aromatic rings. The third kappa shape index (κ3) is 4.09. The van der Waals surface area contributed by atoms with Crippen molar-refractivity contribution in [3.8, 4) is 22.6 Å². The summed E-state index contributed by atoms with van der Waals surface area (Å²) in [5, 5.41) is 1.01. The van der Waals surface area contributed by atoms with E-state index in [2.05, 4.69) is 19.9 Å². The summed E-state index contributed by atoms with van der Waals surface area (Å²) < 4.78 is 5.22. The molecule has 1 aliphatic heterocycles. The fraction of sp³-hybridized carbons (Fsp3) is 0.174. The summed E-state index contributed by atoms with van der Waals surface area (Å²) in [5.74, 6) is 1.89. The zero-order chi connectivity index (χ0) is 22.1. The fourth-order valence-corrected chi connectivity index (χ4v) is 3.98. The first kappa shape index (κ1) is 20.6. The lowest BCUT2D eigenvalue weighted by Gasteiger charge is -2.35. The van der Waals surface area contributed by atoms with Gasteiger partial charge in [0.25, 0.3) is 5.91 Å². The van der Waals surface area contributed by atoms with Gasteiger partial charge in [-0.15, -0.1) is 0 Å². The largest absolute Gasteiger partial charge is 0.459 e. The lowest BCUT2D eigenvalue weighted by molar-refractivity contribution is 0.0714. The second kappa shape index (κ2) is 8.68. The van der Waals surface area contributed by atoms with Crippen molar-refractivity contribution in [1.29, 1.82) is 0 Å². The Labute approximate surface area is 194 Å². The van der Waals surface area contributed by atoms with E-state index in [1.807, 2.05) is 18.2 Å². The normalized spacial score (nSPS) is 14.1. The molecule has 3 aromatic heterocycles. The van der Waals surface area contributed by atoms with Crippen LogP contribution in [0.5, 0.6) is 0 Å². The van der Waals surface area contributed by atoms with Crippen LogP contribution in [0.4, 0.5) is 5.82 Å². The number of amides is 1. The molecule has 0 bridgehead atoms. The Hall–Kier alpha value is -3.29. The number of H-pyrrole nitrogens is 1. The van der Waals surface area contributed by atoms with Gasteiger partial charge in [0.1, 0.15) is 11.6 Å². The quantitative estimate of drug-likeness (QED) is 0.456. The van der Waals surface area contributed by atoms with Gasteiger partial charge in [0.2, 0.25) is 0 Å². The number of piperazine rings is 1.